The third-order valence-corrected chi connectivity index (χ3v) is 2.83. The Bertz CT molecular complexity index is 734. The van der Waals surface area contributed by atoms with Gasteiger partial charge in [-0.25, -0.2) is 4.98 Å². The van der Waals surface area contributed by atoms with Crippen molar-refractivity contribution >= 4 is 28.2 Å². The Kier molecular flexibility index (Phi) is 2.49. The van der Waals surface area contributed by atoms with Crippen LogP contribution in [0.4, 0.5) is 0 Å². The van der Waals surface area contributed by atoms with Crippen LogP contribution in [0, 0.1) is 0 Å². The van der Waals surface area contributed by atoms with Gasteiger partial charge in [-0.2, -0.15) is 4.68 Å². The van der Waals surface area contributed by atoms with E-state index in [-0.39, 0.29) is 0 Å². The summed E-state index contributed by atoms with van der Waals surface area (Å²) in [6.07, 6.45) is 1.65. The van der Waals surface area contributed by atoms with E-state index in [1.807, 2.05) is 24.3 Å². The highest BCUT2D eigenvalue weighted by atomic mass is 32.1. The second-order valence-corrected chi connectivity index (χ2v) is 4.20. The van der Waals surface area contributed by atoms with Crippen LogP contribution in [0.1, 0.15) is 5.56 Å². The lowest BCUT2D eigenvalue weighted by atomic mass is 10.2. The Hall–Kier alpha value is -2.34. The molecule has 1 aromatic carbocycles. The van der Waals surface area contributed by atoms with Crippen molar-refractivity contribution in [1.29, 1.82) is 0 Å². The van der Waals surface area contributed by atoms with Gasteiger partial charge in [0.15, 0.2) is 5.82 Å². The molecule has 3 rings (SSSR count). The van der Waals surface area contributed by atoms with Gasteiger partial charge in [0.05, 0.1) is 5.52 Å². The predicted octanol–water partition coefficient (Wildman–Crippen LogP) is 1.45. The predicted molar refractivity (Wildman–Crippen MR) is 72.5 cm³/mol. The maximum atomic E-state index is 5.61. The normalized spacial score (nSPS) is 10.7. The highest BCUT2D eigenvalue weighted by Gasteiger charge is 2.07. The average Bonchev–Trinajstić information content (AvgIpc) is 2.82. The van der Waals surface area contributed by atoms with E-state index in [1.165, 1.54) is 0 Å². The molecule has 0 aliphatic heterocycles. The first-order valence-corrected chi connectivity index (χ1v) is 5.73. The van der Waals surface area contributed by atoms with Crippen molar-refractivity contribution in [3.8, 4) is 5.82 Å². The van der Waals surface area contributed by atoms with E-state index in [0.717, 1.165) is 16.6 Å². The number of hydrogen-bond acceptors (Lipinski definition) is 4. The topological polar surface area (TPSA) is 69.6 Å². The fraction of sp³-hybridized carbons (Fsp3) is 0. The third kappa shape index (κ3) is 1.72. The lowest BCUT2D eigenvalue weighted by Gasteiger charge is -2.03. The molecule has 0 saturated heterocycles. The summed E-state index contributed by atoms with van der Waals surface area (Å²) < 4.78 is 1.66. The van der Waals surface area contributed by atoms with E-state index in [2.05, 4.69) is 15.3 Å². The minimum absolute atomic E-state index is 0.336. The van der Waals surface area contributed by atoms with E-state index < -0.39 is 0 Å². The number of fused-ring (bicyclic) bond motifs is 1. The highest BCUT2D eigenvalue weighted by Crippen LogP contribution is 2.14. The van der Waals surface area contributed by atoms with Crippen molar-refractivity contribution in [2.24, 2.45) is 5.73 Å². The average molecular weight is 255 g/mol. The van der Waals surface area contributed by atoms with Crippen molar-refractivity contribution < 1.29 is 0 Å². The van der Waals surface area contributed by atoms with Crippen LogP contribution in [0.25, 0.3) is 16.9 Å². The largest absolute Gasteiger partial charge is 0.389 e. The molecule has 0 atom stereocenters. The van der Waals surface area contributed by atoms with E-state index in [0.29, 0.717) is 10.8 Å². The summed E-state index contributed by atoms with van der Waals surface area (Å²) in [5, 5.41) is 8.16. The first-order chi connectivity index (χ1) is 8.75. The van der Waals surface area contributed by atoms with Crippen LogP contribution in [-0.2, 0) is 0 Å². The summed E-state index contributed by atoms with van der Waals surface area (Å²) >= 11 is 4.95. The molecule has 0 aliphatic carbocycles. The van der Waals surface area contributed by atoms with Crippen LogP contribution >= 0.6 is 12.2 Å². The number of pyridine rings is 1. The third-order valence-electron chi connectivity index (χ3n) is 2.60. The van der Waals surface area contributed by atoms with Crippen molar-refractivity contribution in [1.82, 2.24) is 20.0 Å². The molecule has 3 aromatic rings. The maximum Gasteiger partial charge on any atom is 0.156 e. The molecule has 0 radical (unpaired) electrons. The van der Waals surface area contributed by atoms with Crippen molar-refractivity contribution in [3.05, 3.63) is 48.2 Å². The standard InChI is InChI=1S/C12H9N5S/c13-12(18)8-5-6-14-11(7-8)17-10-4-2-1-3-9(10)15-16-17/h1-7H,(H2,13,18). The van der Waals surface area contributed by atoms with E-state index in [4.69, 9.17) is 18.0 Å². The van der Waals surface area contributed by atoms with E-state index >= 15 is 0 Å². The van der Waals surface area contributed by atoms with Crippen molar-refractivity contribution in [2.75, 3.05) is 0 Å². The summed E-state index contributed by atoms with van der Waals surface area (Å²) in [5.41, 5.74) is 8.08. The molecule has 2 heterocycles. The number of hydrogen-bond donors (Lipinski definition) is 1. The number of para-hydroxylation sites is 1. The smallest absolute Gasteiger partial charge is 0.156 e. The monoisotopic (exact) mass is 255 g/mol. The van der Waals surface area contributed by atoms with Gasteiger partial charge < -0.3 is 5.73 Å². The summed E-state index contributed by atoms with van der Waals surface area (Å²) in [7, 11) is 0. The van der Waals surface area contributed by atoms with E-state index in [9.17, 15) is 0 Å². The summed E-state index contributed by atoms with van der Waals surface area (Å²) in [6.45, 7) is 0. The molecule has 2 aromatic heterocycles. The quantitative estimate of drug-likeness (QED) is 0.702. The first-order valence-electron chi connectivity index (χ1n) is 5.32. The molecule has 88 valence electrons. The molecule has 0 aliphatic rings. The molecule has 6 heteroatoms. The molecule has 18 heavy (non-hydrogen) atoms. The molecular weight excluding hydrogens is 246 g/mol. The van der Waals surface area contributed by atoms with Gasteiger partial charge in [-0.3, -0.25) is 0 Å². The van der Waals surface area contributed by atoms with Gasteiger partial charge in [0.25, 0.3) is 0 Å². The van der Waals surface area contributed by atoms with Crippen LogP contribution in [0.3, 0.4) is 0 Å². The molecule has 0 bridgehead atoms. The molecule has 5 nitrogen and oxygen atoms in total. The number of benzene rings is 1. The molecule has 0 fully saturated rings. The molecular formula is C12H9N5S. The second kappa shape index (κ2) is 4.15. The Labute approximate surface area is 108 Å². The number of aromatic nitrogens is 4. The lowest BCUT2D eigenvalue weighted by molar-refractivity contribution is 0.801. The van der Waals surface area contributed by atoms with Crippen molar-refractivity contribution in [2.45, 2.75) is 0 Å². The zero-order valence-corrected chi connectivity index (χ0v) is 10.1. The Morgan fingerprint density at radius 1 is 1.22 bits per heavy atom. The summed E-state index contributed by atoms with van der Waals surface area (Å²) in [6, 6.07) is 11.2. The second-order valence-electron chi connectivity index (χ2n) is 3.76. The fourth-order valence-corrected chi connectivity index (χ4v) is 1.85. The summed E-state index contributed by atoms with van der Waals surface area (Å²) in [4.78, 5) is 4.60. The summed E-state index contributed by atoms with van der Waals surface area (Å²) in [5.74, 6) is 0.647. The molecule has 0 unspecified atom stereocenters. The number of nitrogens with zero attached hydrogens (tertiary/aromatic N) is 4. The first kappa shape index (κ1) is 10.8. The molecule has 0 saturated carbocycles. The van der Waals surface area contributed by atoms with Crippen LogP contribution < -0.4 is 5.73 Å². The van der Waals surface area contributed by atoms with Gasteiger partial charge in [0.2, 0.25) is 0 Å². The van der Waals surface area contributed by atoms with Gasteiger partial charge in [0, 0.05) is 11.8 Å². The molecule has 0 amide bonds. The van der Waals surface area contributed by atoms with Crippen LogP contribution in [-0.4, -0.2) is 25.0 Å². The SMILES string of the molecule is NC(=S)c1ccnc(-n2nnc3ccccc32)c1. The highest BCUT2D eigenvalue weighted by molar-refractivity contribution is 7.80. The number of nitrogens with two attached hydrogens (primary N) is 1. The maximum absolute atomic E-state index is 5.61. The van der Waals surface area contributed by atoms with Gasteiger partial charge in [-0.15, -0.1) is 5.10 Å². The molecule has 2 N–H and O–H groups in total. The Morgan fingerprint density at radius 3 is 2.89 bits per heavy atom. The Morgan fingerprint density at radius 2 is 2.06 bits per heavy atom. The zero-order chi connectivity index (χ0) is 12.5. The van der Waals surface area contributed by atoms with Gasteiger partial charge in [-0.1, -0.05) is 29.6 Å². The van der Waals surface area contributed by atoms with Gasteiger partial charge in [0.1, 0.15) is 10.5 Å². The Balaban J connectivity index is 2.20. The van der Waals surface area contributed by atoms with Crippen LogP contribution in [0.5, 0.6) is 0 Å². The van der Waals surface area contributed by atoms with E-state index in [1.54, 1.807) is 23.0 Å². The van der Waals surface area contributed by atoms with Crippen LogP contribution in [0.2, 0.25) is 0 Å². The lowest BCUT2D eigenvalue weighted by Crippen LogP contribution is -2.11. The van der Waals surface area contributed by atoms with Crippen molar-refractivity contribution in [3.63, 3.8) is 0 Å². The van der Waals surface area contributed by atoms with Crippen LogP contribution in [0.15, 0.2) is 42.6 Å². The van der Waals surface area contributed by atoms with Gasteiger partial charge >= 0.3 is 0 Å². The minimum Gasteiger partial charge on any atom is -0.389 e. The van der Waals surface area contributed by atoms with Gasteiger partial charge in [-0.05, 0) is 24.3 Å². The number of rotatable bonds is 2. The fourth-order valence-electron chi connectivity index (χ4n) is 1.73. The zero-order valence-electron chi connectivity index (χ0n) is 9.32. The minimum atomic E-state index is 0.336. The molecule has 0 spiro atoms. The number of thiocarbonyl (C=S) groups is 1.